The number of hydrogen-bond acceptors (Lipinski definition) is 10. The van der Waals surface area contributed by atoms with Crippen molar-refractivity contribution in [2.75, 3.05) is 27.4 Å². The Kier molecular flexibility index (Phi) is 10.7. The van der Waals surface area contributed by atoms with Gasteiger partial charge < -0.3 is 29.0 Å². The highest BCUT2D eigenvalue weighted by Crippen LogP contribution is 2.26. The van der Waals surface area contributed by atoms with Crippen LogP contribution in [0.1, 0.15) is 23.2 Å². The van der Waals surface area contributed by atoms with Gasteiger partial charge in [0.1, 0.15) is 25.0 Å². The Labute approximate surface area is 202 Å². The first-order valence-corrected chi connectivity index (χ1v) is 10.5. The zero-order valence-electron chi connectivity index (χ0n) is 19.5. The largest absolute Gasteiger partial charge is 0.481 e. The van der Waals surface area contributed by atoms with Gasteiger partial charge in [0.2, 0.25) is 11.8 Å². The number of amides is 1. The number of benzene rings is 1. The Morgan fingerprint density at radius 3 is 2.26 bits per heavy atom. The molecule has 186 valence electrons. The van der Waals surface area contributed by atoms with Gasteiger partial charge in [0, 0.05) is 6.42 Å². The van der Waals surface area contributed by atoms with Crippen molar-refractivity contribution in [1.82, 2.24) is 15.3 Å². The van der Waals surface area contributed by atoms with E-state index in [0.29, 0.717) is 0 Å². The van der Waals surface area contributed by atoms with Crippen molar-refractivity contribution in [2.24, 2.45) is 0 Å². The minimum absolute atomic E-state index is 0.0403. The van der Waals surface area contributed by atoms with Crippen molar-refractivity contribution < 1.29 is 38.1 Å². The molecule has 1 atom stereocenters. The van der Waals surface area contributed by atoms with E-state index in [0.717, 1.165) is 0 Å². The van der Waals surface area contributed by atoms with Gasteiger partial charge in [0.25, 0.3) is 5.91 Å². The zero-order valence-corrected chi connectivity index (χ0v) is 19.5. The Morgan fingerprint density at radius 2 is 1.63 bits per heavy atom. The highest BCUT2D eigenvalue weighted by molar-refractivity contribution is 5.99. The SMILES string of the molecule is C=CCOC(=O)CC[C@H](NC(=O)c1ccccc1Oc1nc(OC)cc(OC)n1)C(=O)OCC=C. The molecule has 11 heteroatoms. The number of carbonyl (C=O) groups excluding carboxylic acids is 3. The fourth-order valence-corrected chi connectivity index (χ4v) is 2.69. The molecule has 0 spiro atoms. The highest BCUT2D eigenvalue weighted by atomic mass is 16.5. The molecule has 35 heavy (non-hydrogen) atoms. The predicted molar refractivity (Wildman–Crippen MR) is 124 cm³/mol. The number of esters is 2. The third-order valence-corrected chi connectivity index (χ3v) is 4.34. The van der Waals surface area contributed by atoms with Crippen LogP contribution in [0.4, 0.5) is 0 Å². The van der Waals surface area contributed by atoms with Crippen LogP contribution in [0.5, 0.6) is 23.5 Å². The lowest BCUT2D eigenvalue weighted by Gasteiger charge is -2.18. The molecule has 1 heterocycles. The maximum Gasteiger partial charge on any atom is 0.328 e. The summed E-state index contributed by atoms with van der Waals surface area (Å²) >= 11 is 0. The van der Waals surface area contributed by atoms with Gasteiger partial charge in [-0.15, -0.1) is 0 Å². The van der Waals surface area contributed by atoms with E-state index in [2.05, 4.69) is 28.4 Å². The summed E-state index contributed by atoms with van der Waals surface area (Å²) in [7, 11) is 2.84. The second kappa shape index (κ2) is 14.0. The van der Waals surface area contributed by atoms with Crippen LogP contribution in [0.3, 0.4) is 0 Å². The van der Waals surface area contributed by atoms with Gasteiger partial charge in [-0.1, -0.05) is 37.4 Å². The van der Waals surface area contributed by atoms with Crippen molar-refractivity contribution in [1.29, 1.82) is 0 Å². The molecule has 1 aromatic carbocycles. The number of carbonyl (C=O) groups is 3. The number of rotatable bonds is 14. The van der Waals surface area contributed by atoms with Crippen molar-refractivity contribution in [2.45, 2.75) is 18.9 Å². The lowest BCUT2D eigenvalue weighted by atomic mass is 10.1. The van der Waals surface area contributed by atoms with E-state index < -0.39 is 23.9 Å². The molecule has 0 aliphatic heterocycles. The van der Waals surface area contributed by atoms with Gasteiger partial charge in [0.15, 0.2) is 0 Å². The molecule has 2 aromatic rings. The molecule has 0 saturated carbocycles. The summed E-state index contributed by atoms with van der Waals surface area (Å²) in [6.45, 7) is 6.94. The van der Waals surface area contributed by atoms with Crippen LogP contribution < -0.4 is 19.5 Å². The fourth-order valence-electron chi connectivity index (χ4n) is 2.69. The molecule has 1 N–H and O–H groups in total. The average Bonchev–Trinajstić information content (AvgIpc) is 2.88. The summed E-state index contributed by atoms with van der Waals surface area (Å²) in [6, 6.07) is 6.51. The number of methoxy groups -OCH3 is 2. The number of para-hydroxylation sites is 1. The van der Waals surface area contributed by atoms with Gasteiger partial charge in [-0.3, -0.25) is 9.59 Å². The van der Waals surface area contributed by atoms with Crippen LogP contribution in [0.25, 0.3) is 0 Å². The first-order chi connectivity index (χ1) is 16.9. The molecule has 0 fully saturated rings. The number of nitrogens with one attached hydrogen (secondary N) is 1. The van der Waals surface area contributed by atoms with E-state index in [-0.39, 0.29) is 55.1 Å². The Hall–Kier alpha value is -4.41. The van der Waals surface area contributed by atoms with Crippen molar-refractivity contribution in [3.8, 4) is 23.5 Å². The van der Waals surface area contributed by atoms with E-state index >= 15 is 0 Å². The van der Waals surface area contributed by atoms with E-state index in [9.17, 15) is 14.4 Å². The monoisotopic (exact) mass is 485 g/mol. The predicted octanol–water partition coefficient (Wildman–Crippen LogP) is 2.62. The first-order valence-electron chi connectivity index (χ1n) is 10.5. The van der Waals surface area contributed by atoms with E-state index in [1.54, 1.807) is 12.1 Å². The second-order valence-corrected chi connectivity index (χ2v) is 6.79. The van der Waals surface area contributed by atoms with Gasteiger partial charge >= 0.3 is 17.9 Å². The van der Waals surface area contributed by atoms with Gasteiger partial charge in [-0.2, -0.15) is 9.97 Å². The van der Waals surface area contributed by atoms with Gasteiger partial charge in [-0.05, 0) is 18.6 Å². The summed E-state index contributed by atoms with van der Waals surface area (Å²) in [4.78, 5) is 45.6. The van der Waals surface area contributed by atoms with Crippen molar-refractivity contribution in [3.05, 3.63) is 61.2 Å². The van der Waals surface area contributed by atoms with Crippen LogP contribution in [0, 0.1) is 0 Å². The zero-order chi connectivity index (χ0) is 25.6. The van der Waals surface area contributed by atoms with Crippen LogP contribution in [-0.4, -0.2) is 61.3 Å². The number of hydrogen-bond donors (Lipinski definition) is 1. The van der Waals surface area contributed by atoms with Gasteiger partial charge in [-0.25, -0.2) is 4.79 Å². The maximum absolute atomic E-state index is 13.1. The fraction of sp³-hybridized carbons (Fsp3) is 0.292. The van der Waals surface area contributed by atoms with Crippen LogP contribution in [0.2, 0.25) is 0 Å². The smallest absolute Gasteiger partial charge is 0.328 e. The summed E-state index contributed by atoms with van der Waals surface area (Å²) < 4.78 is 25.9. The molecule has 0 aliphatic carbocycles. The van der Waals surface area contributed by atoms with E-state index in [1.165, 1.54) is 44.6 Å². The molecule has 0 radical (unpaired) electrons. The minimum Gasteiger partial charge on any atom is -0.481 e. The molecule has 2 rings (SSSR count). The molecular formula is C24H27N3O8. The standard InChI is InChI=1S/C24H27N3O8/c1-5-13-33-21(28)12-11-17(23(30)34-14-6-2)25-22(29)16-9-7-8-10-18(16)35-24-26-19(31-3)15-20(27-24)32-4/h5-10,15,17H,1-2,11-14H2,3-4H3,(H,25,29)/t17-/m0/s1. The summed E-state index contributed by atoms with van der Waals surface area (Å²) in [5.41, 5.74) is 0.0913. The molecule has 0 saturated heterocycles. The molecule has 0 unspecified atom stereocenters. The molecule has 0 aliphatic rings. The van der Waals surface area contributed by atoms with Crippen LogP contribution in [-0.2, 0) is 19.1 Å². The van der Waals surface area contributed by atoms with Crippen LogP contribution >= 0.6 is 0 Å². The normalized spacial score (nSPS) is 10.9. The van der Waals surface area contributed by atoms with Crippen molar-refractivity contribution >= 4 is 17.8 Å². The molecule has 1 aromatic heterocycles. The number of aromatic nitrogens is 2. The number of ether oxygens (including phenoxy) is 5. The Balaban J connectivity index is 2.22. The summed E-state index contributed by atoms with van der Waals surface area (Å²) in [5, 5.41) is 2.58. The lowest BCUT2D eigenvalue weighted by molar-refractivity contribution is -0.146. The highest BCUT2D eigenvalue weighted by Gasteiger charge is 2.25. The average molecular weight is 485 g/mol. The summed E-state index contributed by atoms with van der Waals surface area (Å²) in [5.74, 6) is -1.41. The lowest BCUT2D eigenvalue weighted by Crippen LogP contribution is -2.42. The van der Waals surface area contributed by atoms with E-state index in [1.807, 2.05) is 0 Å². The first kappa shape index (κ1) is 26.8. The minimum atomic E-state index is -1.13. The molecule has 1 amide bonds. The quantitative estimate of drug-likeness (QED) is 0.314. The second-order valence-electron chi connectivity index (χ2n) is 6.79. The van der Waals surface area contributed by atoms with Gasteiger partial charge in [0.05, 0.1) is 25.8 Å². The Morgan fingerprint density at radius 1 is 1.00 bits per heavy atom. The third-order valence-electron chi connectivity index (χ3n) is 4.34. The maximum atomic E-state index is 13.1. The van der Waals surface area contributed by atoms with Crippen molar-refractivity contribution in [3.63, 3.8) is 0 Å². The third kappa shape index (κ3) is 8.46. The molecular weight excluding hydrogens is 458 g/mol. The van der Waals surface area contributed by atoms with Crippen LogP contribution in [0.15, 0.2) is 55.6 Å². The molecule has 0 bridgehead atoms. The summed E-state index contributed by atoms with van der Waals surface area (Å²) in [6.07, 6.45) is 2.64. The van der Waals surface area contributed by atoms with E-state index in [4.69, 9.17) is 23.7 Å². The topological polar surface area (TPSA) is 135 Å². The number of nitrogens with zero attached hydrogens (tertiary/aromatic N) is 2. The Bertz CT molecular complexity index is 1030. The molecule has 11 nitrogen and oxygen atoms in total.